The highest BCUT2D eigenvalue weighted by Crippen LogP contribution is 2.44. The number of benzene rings is 4. The van der Waals surface area contributed by atoms with Gasteiger partial charge < -0.3 is 14.5 Å². The molecule has 0 fully saturated rings. The summed E-state index contributed by atoms with van der Waals surface area (Å²) in [6, 6.07) is 33.3. The van der Waals surface area contributed by atoms with E-state index in [4.69, 9.17) is 0 Å². The lowest BCUT2D eigenvalue weighted by molar-refractivity contribution is 0.510. The van der Waals surface area contributed by atoms with Gasteiger partial charge in [0.15, 0.2) is 0 Å². The van der Waals surface area contributed by atoms with E-state index in [1.165, 1.54) is 73.8 Å². The van der Waals surface area contributed by atoms with Crippen molar-refractivity contribution in [1.29, 1.82) is 0 Å². The highest BCUT2D eigenvalue weighted by Gasteiger charge is 2.28. The number of unbranched alkanes of at least 4 members (excludes halogenated alkanes) is 1. The minimum atomic E-state index is -0.0552. The molecule has 2 heterocycles. The SMILES string of the molecule is C=C(C)/C=C(/C)CCCNc1c(/C=C\C)n(-c2ccccc2)c2cc(-n3c4ccccc4c4ccccc43)cc(C(C)(C)CC)c12.CCCC. The fourth-order valence-electron chi connectivity index (χ4n) is 6.90. The Kier molecular flexibility index (Phi) is 11.9. The second-order valence-electron chi connectivity index (χ2n) is 14.3. The molecular formula is C47H57N3. The molecule has 0 bridgehead atoms. The fourth-order valence-corrected chi connectivity index (χ4v) is 6.90. The van der Waals surface area contributed by atoms with Crippen LogP contribution in [-0.2, 0) is 5.41 Å². The first-order valence-corrected chi connectivity index (χ1v) is 18.6. The molecule has 6 aromatic rings. The Labute approximate surface area is 301 Å². The predicted octanol–water partition coefficient (Wildman–Crippen LogP) is 14.0. The zero-order valence-electron chi connectivity index (χ0n) is 31.7. The normalized spacial score (nSPS) is 12.2. The Balaban J connectivity index is 0.00000115. The number of aromatic nitrogens is 2. The average molecular weight is 664 g/mol. The van der Waals surface area contributed by atoms with Crippen LogP contribution in [0.2, 0.25) is 0 Å². The smallest absolute Gasteiger partial charge is 0.0697 e. The maximum atomic E-state index is 4.06. The molecule has 1 N–H and O–H groups in total. The van der Waals surface area contributed by atoms with Crippen molar-refractivity contribution in [2.45, 2.75) is 92.9 Å². The molecule has 0 aliphatic carbocycles. The third kappa shape index (κ3) is 7.53. The molecule has 0 saturated heterocycles. The van der Waals surface area contributed by atoms with Gasteiger partial charge in [-0.3, -0.25) is 0 Å². The van der Waals surface area contributed by atoms with Gasteiger partial charge in [-0.15, -0.1) is 0 Å². The van der Waals surface area contributed by atoms with Gasteiger partial charge in [0, 0.05) is 34.1 Å². The highest BCUT2D eigenvalue weighted by atomic mass is 15.0. The summed E-state index contributed by atoms with van der Waals surface area (Å²) in [7, 11) is 0. The molecular weight excluding hydrogens is 607 g/mol. The monoisotopic (exact) mass is 663 g/mol. The third-order valence-electron chi connectivity index (χ3n) is 9.92. The van der Waals surface area contributed by atoms with Gasteiger partial charge in [0.2, 0.25) is 0 Å². The maximum Gasteiger partial charge on any atom is 0.0697 e. The summed E-state index contributed by atoms with van der Waals surface area (Å²) in [6.07, 6.45) is 12.4. The molecule has 0 aliphatic heterocycles. The van der Waals surface area contributed by atoms with E-state index in [0.717, 1.165) is 37.1 Å². The molecule has 260 valence electrons. The summed E-state index contributed by atoms with van der Waals surface area (Å²) in [5.74, 6) is 0. The van der Waals surface area contributed by atoms with Crippen LogP contribution in [0, 0.1) is 0 Å². The predicted molar refractivity (Wildman–Crippen MR) is 223 cm³/mol. The molecule has 0 amide bonds. The van der Waals surface area contributed by atoms with E-state index in [-0.39, 0.29) is 5.41 Å². The van der Waals surface area contributed by atoms with E-state index >= 15 is 0 Å². The molecule has 3 nitrogen and oxygen atoms in total. The van der Waals surface area contributed by atoms with Gasteiger partial charge in [-0.05, 0) is 93.5 Å². The van der Waals surface area contributed by atoms with Crippen molar-refractivity contribution in [2.24, 2.45) is 0 Å². The van der Waals surface area contributed by atoms with Crippen molar-refractivity contribution in [2.75, 3.05) is 11.9 Å². The van der Waals surface area contributed by atoms with Crippen molar-refractivity contribution in [3.63, 3.8) is 0 Å². The maximum absolute atomic E-state index is 4.06. The van der Waals surface area contributed by atoms with Crippen molar-refractivity contribution in [3.8, 4) is 11.4 Å². The van der Waals surface area contributed by atoms with Crippen LogP contribution in [0.4, 0.5) is 5.69 Å². The van der Waals surface area contributed by atoms with E-state index in [2.05, 4.69) is 186 Å². The van der Waals surface area contributed by atoms with Crippen LogP contribution in [0.15, 0.2) is 121 Å². The van der Waals surface area contributed by atoms with E-state index in [1.807, 2.05) is 0 Å². The summed E-state index contributed by atoms with van der Waals surface area (Å²) in [6.45, 7) is 22.8. The highest BCUT2D eigenvalue weighted by molar-refractivity contribution is 6.10. The second-order valence-corrected chi connectivity index (χ2v) is 14.3. The molecule has 0 unspecified atom stereocenters. The fraction of sp³-hybridized carbons (Fsp3) is 0.319. The summed E-state index contributed by atoms with van der Waals surface area (Å²) in [5.41, 5.74) is 12.2. The standard InChI is InChI=1S/C43H47N3.C4H10/c1-8-18-39-42(44-26-17-19-31(5)27-30(3)4)41-36(43(6,7)9-2)28-33(29-40(41)45(39)32-20-11-10-12-21-32)46-37-24-15-13-22-34(37)35-23-14-16-25-38(35)46;1-3-4-2/h8,10-16,18,20-25,27-29,44H,3,9,17,19,26H2,1-2,4-7H3;3-4H2,1-2H3/b18-8-,31-27-;. The first-order chi connectivity index (χ1) is 24.2. The molecule has 0 radical (unpaired) electrons. The molecule has 3 heteroatoms. The van der Waals surface area contributed by atoms with Crippen LogP contribution in [0.5, 0.6) is 0 Å². The average Bonchev–Trinajstić information content (AvgIpc) is 3.62. The summed E-state index contributed by atoms with van der Waals surface area (Å²) in [4.78, 5) is 0. The number of nitrogens with zero attached hydrogens (tertiary/aromatic N) is 2. The second kappa shape index (κ2) is 16.3. The summed E-state index contributed by atoms with van der Waals surface area (Å²) in [5, 5.41) is 7.83. The zero-order valence-corrected chi connectivity index (χ0v) is 31.7. The molecule has 0 atom stereocenters. The lowest BCUT2D eigenvalue weighted by atomic mass is 9.80. The van der Waals surface area contributed by atoms with E-state index < -0.39 is 0 Å². The molecule has 6 rings (SSSR count). The molecule has 2 aromatic heterocycles. The number of anilines is 1. The van der Waals surface area contributed by atoms with Gasteiger partial charge in [-0.1, -0.05) is 132 Å². The Bertz CT molecular complexity index is 2080. The van der Waals surface area contributed by atoms with E-state index in [0.29, 0.717) is 0 Å². The van der Waals surface area contributed by atoms with E-state index in [9.17, 15) is 0 Å². The molecule has 50 heavy (non-hydrogen) atoms. The molecule has 0 spiro atoms. The molecule has 4 aromatic carbocycles. The van der Waals surface area contributed by atoms with Crippen molar-refractivity contribution in [1.82, 2.24) is 9.13 Å². The number of hydrogen-bond donors (Lipinski definition) is 1. The Morgan fingerprint density at radius 3 is 1.92 bits per heavy atom. The van der Waals surface area contributed by atoms with Gasteiger partial charge >= 0.3 is 0 Å². The van der Waals surface area contributed by atoms with Gasteiger partial charge in [0.25, 0.3) is 0 Å². The van der Waals surface area contributed by atoms with Gasteiger partial charge in [-0.25, -0.2) is 0 Å². The van der Waals surface area contributed by atoms with Crippen molar-refractivity contribution in [3.05, 3.63) is 132 Å². The Morgan fingerprint density at radius 1 is 0.760 bits per heavy atom. The Morgan fingerprint density at radius 2 is 1.36 bits per heavy atom. The minimum Gasteiger partial charge on any atom is -0.383 e. The number of rotatable bonds is 12. The van der Waals surface area contributed by atoms with Crippen LogP contribution < -0.4 is 5.32 Å². The third-order valence-corrected chi connectivity index (χ3v) is 9.92. The first-order valence-electron chi connectivity index (χ1n) is 18.6. The number of nitrogens with one attached hydrogen (secondary N) is 1. The lowest BCUT2D eigenvalue weighted by Gasteiger charge is -2.26. The number of allylic oxidation sites excluding steroid dienone is 4. The number of fused-ring (bicyclic) bond motifs is 4. The van der Waals surface area contributed by atoms with Gasteiger partial charge in [0.1, 0.15) is 0 Å². The topological polar surface area (TPSA) is 21.9 Å². The summed E-state index contributed by atoms with van der Waals surface area (Å²) < 4.78 is 4.91. The van der Waals surface area contributed by atoms with Gasteiger partial charge in [0.05, 0.1) is 27.9 Å². The molecule has 0 saturated carbocycles. The Hall–Kier alpha value is -4.76. The first kappa shape index (κ1) is 36.5. The van der Waals surface area contributed by atoms with Crippen LogP contribution in [-0.4, -0.2) is 15.7 Å². The van der Waals surface area contributed by atoms with E-state index in [1.54, 1.807) is 0 Å². The lowest BCUT2D eigenvalue weighted by Crippen LogP contribution is -2.17. The molecule has 0 aliphatic rings. The van der Waals surface area contributed by atoms with Gasteiger partial charge in [-0.2, -0.15) is 0 Å². The zero-order chi connectivity index (χ0) is 35.8. The van der Waals surface area contributed by atoms with Crippen molar-refractivity contribution < 1.29 is 0 Å². The van der Waals surface area contributed by atoms with Crippen LogP contribution in [0.3, 0.4) is 0 Å². The quantitative estimate of drug-likeness (QED) is 0.102. The minimum absolute atomic E-state index is 0.0552. The largest absolute Gasteiger partial charge is 0.383 e. The summed E-state index contributed by atoms with van der Waals surface area (Å²) >= 11 is 0. The van der Waals surface area contributed by atoms with Crippen LogP contribution >= 0.6 is 0 Å². The van der Waals surface area contributed by atoms with Crippen LogP contribution in [0.25, 0.3) is 50.2 Å². The van der Waals surface area contributed by atoms with Crippen LogP contribution in [0.1, 0.15) is 98.8 Å². The van der Waals surface area contributed by atoms with Crippen molar-refractivity contribution >= 4 is 44.5 Å². The number of hydrogen-bond acceptors (Lipinski definition) is 1. The number of para-hydroxylation sites is 3.